The lowest BCUT2D eigenvalue weighted by Crippen LogP contribution is -2.17. The molecule has 1 heterocycles. The first kappa shape index (κ1) is 12.9. The third kappa shape index (κ3) is 3.48. The number of hydrogen-bond donors (Lipinski definition) is 1. The highest BCUT2D eigenvalue weighted by Crippen LogP contribution is 2.02. The highest BCUT2D eigenvalue weighted by molar-refractivity contribution is 5.94. The number of halogens is 1. The van der Waals surface area contributed by atoms with Crippen molar-refractivity contribution in [3.63, 3.8) is 0 Å². The van der Waals surface area contributed by atoms with Gasteiger partial charge in [-0.1, -0.05) is 0 Å². The number of rotatable bonds is 4. The van der Waals surface area contributed by atoms with E-state index in [0.29, 0.717) is 5.56 Å². The van der Waals surface area contributed by atoms with Crippen molar-refractivity contribution < 1.29 is 9.18 Å². The van der Waals surface area contributed by atoms with Crippen molar-refractivity contribution >= 4 is 12.1 Å². The number of hydrogen-bond acceptors (Lipinski definition) is 3. The molecule has 98 valence electrons. The average Bonchev–Trinajstić information content (AvgIpc) is 2.87. The Morgan fingerprint density at radius 3 is 2.84 bits per heavy atom. The lowest BCUT2D eigenvalue weighted by molar-refractivity contribution is 0.0955. The zero-order chi connectivity index (χ0) is 13.7. The van der Waals surface area contributed by atoms with Crippen molar-refractivity contribution in [3.05, 3.63) is 53.6 Å². The molecule has 0 unspecified atom stereocenters. The van der Waals surface area contributed by atoms with Gasteiger partial charge in [0.1, 0.15) is 5.82 Å². The highest BCUT2D eigenvalue weighted by Gasteiger charge is 2.03. The molecule has 0 atom stereocenters. The average molecular weight is 260 g/mol. The molecule has 19 heavy (non-hydrogen) atoms. The Kier molecular flexibility index (Phi) is 4.02. The lowest BCUT2D eigenvalue weighted by atomic mass is 10.2. The van der Waals surface area contributed by atoms with Crippen molar-refractivity contribution in [1.82, 2.24) is 15.2 Å². The van der Waals surface area contributed by atoms with Crippen molar-refractivity contribution in [3.8, 4) is 0 Å². The predicted octanol–water partition coefficient (Wildman–Crippen LogP) is 1.81. The van der Waals surface area contributed by atoms with Crippen LogP contribution in [0, 0.1) is 5.82 Å². The van der Waals surface area contributed by atoms with E-state index in [9.17, 15) is 9.18 Å². The second kappa shape index (κ2) is 5.90. The Bertz CT molecular complexity index is 589. The number of hydrazone groups is 1. The van der Waals surface area contributed by atoms with Crippen LogP contribution >= 0.6 is 0 Å². The van der Waals surface area contributed by atoms with Gasteiger partial charge in [-0.25, -0.2) is 9.82 Å². The van der Waals surface area contributed by atoms with Gasteiger partial charge in [-0.15, -0.1) is 0 Å². The monoisotopic (exact) mass is 260 g/mol. The first-order valence-corrected chi connectivity index (χ1v) is 5.80. The SMILES string of the molecule is CCn1cc(C=NNC(=O)c2ccc(F)cc2)cn1. The highest BCUT2D eigenvalue weighted by atomic mass is 19.1. The molecule has 0 saturated carbocycles. The predicted molar refractivity (Wildman–Crippen MR) is 69.4 cm³/mol. The number of benzene rings is 1. The molecule has 2 aromatic rings. The molecule has 6 heteroatoms. The zero-order valence-electron chi connectivity index (χ0n) is 10.4. The van der Waals surface area contributed by atoms with E-state index in [1.807, 2.05) is 13.1 Å². The molecule has 5 nitrogen and oxygen atoms in total. The maximum absolute atomic E-state index is 12.7. The second-order valence-corrected chi connectivity index (χ2v) is 3.84. The molecule has 0 saturated heterocycles. The van der Waals surface area contributed by atoms with Crippen LogP contribution in [0.5, 0.6) is 0 Å². The van der Waals surface area contributed by atoms with Crippen LogP contribution in [0.4, 0.5) is 4.39 Å². The quantitative estimate of drug-likeness (QED) is 0.673. The van der Waals surface area contributed by atoms with Gasteiger partial charge in [-0.05, 0) is 31.2 Å². The molecule has 2 rings (SSSR count). The largest absolute Gasteiger partial charge is 0.272 e. The molecule has 0 radical (unpaired) electrons. The van der Waals surface area contributed by atoms with Crippen molar-refractivity contribution in [2.24, 2.45) is 5.10 Å². The van der Waals surface area contributed by atoms with Crippen LogP contribution in [0.3, 0.4) is 0 Å². The van der Waals surface area contributed by atoms with Gasteiger partial charge < -0.3 is 0 Å². The summed E-state index contributed by atoms with van der Waals surface area (Å²) in [4.78, 5) is 11.6. The molecule has 1 aromatic carbocycles. The fourth-order valence-electron chi connectivity index (χ4n) is 1.45. The van der Waals surface area contributed by atoms with Crippen LogP contribution in [0.2, 0.25) is 0 Å². The third-order valence-electron chi connectivity index (χ3n) is 2.46. The van der Waals surface area contributed by atoms with Gasteiger partial charge in [0.25, 0.3) is 5.91 Å². The van der Waals surface area contributed by atoms with Gasteiger partial charge >= 0.3 is 0 Å². The fraction of sp³-hybridized carbons (Fsp3) is 0.154. The van der Waals surface area contributed by atoms with E-state index in [-0.39, 0.29) is 11.7 Å². The smallest absolute Gasteiger partial charge is 0.271 e. The topological polar surface area (TPSA) is 59.3 Å². The molecule has 0 bridgehead atoms. The summed E-state index contributed by atoms with van der Waals surface area (Å²) in [5, 5.41) is 7.89. The number of carbonyl (C=O) groups excluding carboxylic acids is 1. The molecule has 1 N–H and O–H groups in total. The normalized spacial score (nSPS) is 10.8. The molecule has 0 aliphatic rings. The molecule has 0 spiro atoms. The Morgan fingerprint density at radius 2 is 2.21 bits per heavy atom. The number of carbonyl (C=O) groups is 1. The van der Waals surface area contributed by atoms with Crippen molar-refractivity contribution in [1.29, 1.82) is 0 Å². The van der Waals surface area contributed by atoms with Gasteiger partial charge in [0.05, 0.1) is 12.4 Å². The minimum atomic E-state index is -0.390. The van der Waals surface area contributed by atoms with E-state index in [0.717, 1.165) is 12.1 Å². The number of nitrogens with one attached hydrogen (secondary N) is 1. The van der Waals surface area contributed by atoms with E-state index in [4.69, 9.17) is 0 Å². The Labute approximate surface area is 109 Å². The first-order chi connectivity index (χ1) is 9.19. The van der Waals surface area contributed by atoms with E-state index in [1.54, 1.807) is 10.9 Å². The summed E-state index contributed by atoms with van der Waals surface area (Å²) < 4.78 is 14.4. The zero-order valence-corrected chi connectivity index (χ0v) is 10.4. The van der Waals surface area contributed by atoms with Crippen LogP contribution < -0.4 is 5.43 Å². The summed E-state index contributed by atoms with van der Waals surface area (Å²) in [6.45, 7) is 2.75. The van der Waals surface area contributed by atoms with Crippen LogP contribution in [0.1, 0.15) is 22.8 Å². The lowest BCUT2D eigenvalue weighted by Gasteiger charge is -1.98. The molecule has 0 aliphatic carbocycles. The van der Waals surface area contributed by atoms with Gasteiger partial charge in [-0.3, -0.25) is 9.48 Å². The summed E-state index contributed by atoms with van der Waals surface area (Å²) in [7, 11) is 0. The molecule has 1 aromatic heterocycles. The maximum Gasteiger partial charge on any atom is 0.271 e. The summed E-state index contributed by atoms with van der Waals surface area (Å²) in [5.41, 5.74) is 3.51. The summed E-state index contributed by atoms with van der Waals surface area (Å²) in [6, 6.07) is 5.25. The van der Waals surface area contributed by atoms with Gasteiger partial charge in [-0.2, -0.15) is 10.2 Å². The van der Waals surface area contributed by atoms with Gasteiger partial charge in [0.15, 0.2) is 0 Å². The second-order valence-electron chi connectivity index (χ2n) is 3.84. The molecular formula is C13H13FN4O. The van der Waals surface area contributed by atoms with E-state index >= 15 is 0 Å². The minimum absolute atomic E-state index is 0.350. The number of amides is 1. The number of nitrogens with zero attached hydrogens (tertiary/aromatic N) is 3. The summed E-state index contributed by atoms with van der Waals surface area (Å²) >= 11 is 0. The van der Waals surface area contributed by atoms with E-state index in [2.05, 4.69) is 15.6 Å². The molecule has 0 aliphatic heterocycles. The first-order valence-electron chi connectivity index (χ1n) is 5.80. The third-order valence-corrected chi connectivity index (χ3v) is 2.46. The van der Waals surface area contributed by atoms with Crippen LogP contribution in [-0.4, -0.2) is 21.9 Å². The van der Waals surface area contributed by atoms with Crippen LogP contribution in [0.15, 0.2) is 41.8 Å². The maximum atomic E-state index is 12.7. The standard InChI is InChI=1S/C13H13FN4O/c1-2-18-9-10(8-16-18)7-15-17-13(19)11-3-5-12(14)6-4-11/h3-9H,2H2,1H3,(H,17,19). The van der Waals surface area contributed by atoms with Gasteiger partial charge in [0, 0.05) is 23.9 Å². The Morgan fingerprint density at radius 1 is 1.47 bits per heavy atom. The Hall–Kier alpha value is -2.50. The molecule has 1 amide bonds. The molecular weight excluding hydrogens is 247 g/mol. The molecule has 0 fully saturated rings. The number of aromatic nitrogens is 2. The summed E-state index contributed by atoms with van der Waals surface area (Å²) in [5.74, 6) is -0.772. The van der Waals surface area contributed by atoms with Crippen molar-refractivity contribution in [2.45, 2.75) is 13.5 Å². The van der Waals surface area contributed by atoms with Crippen LogP contribution in [0.25, 0.3) is 0 Å². The number of aryl methyl sites for hydroxylation is 1. The minimum Gasteiger partial charge on any atom is -0.272 e. The van der Waals surface area contributed by atoms with Gasteiger partial charge in [0.2, 0.25) is 0 Å². The van der Waals surface area contributed by atoms with Crippen molar-refractivity contribution in [2.75, 3.05) is 0 Å². The fourth-order valence-corrected chi connectivity index (χ4v) is 1.45. The van der Waals surface area contributed by atoms with Crippen LogP contribution in [-0.2, 0) is 6.54 Å². The Balaban J connectivity index is 1.94. The summed E-state index contributed by atoms with van der Waals surface area (Å²) in [6.07, 6.45) is 4.96. The van der Waals surface area contributed by atoms with E-state index < -0.39 is 0 Å². The van der Waals surface area contributed by atoms with E-state index in [1.165, 1.54) is 30.5 Å².